The van der Waals surface area contributed by atoms with Gasteiger partial charge in [0.2, 0.25) is 0 Å². The second-order valence-electron chi connectivity index (χ2n) is 0.109. The number of halogens is 1. The molecule has 24 valence electrons. The first kappa shape index (κ1) is 8.86. The topological polar surface area (TPSA) is 0 Å². The van der Waals surface area contributed by atoms with E-state index in [4.69, 9.17) is 0 Å². The Morgan fingerprint density at radius 2 is 1.75 bits per heavy atom. The van der Waals surface area contributed by atoms with Crippen molar-refractivity contribution in [1.29, 1.82) is 0 Å². The van der Waals surface area contributed by atoms with Crippen LogP contribution in [0.1, 0.15) is 0 Å². The van der Waals surface area contributed by atoms with Gasteiger partial charge in [-0.2, -0.15) is 0 Å². The van der Waals surface area contributed by atoms with Crippen LogP contribution >= 0.6 is 15.9 Å². The van der Waals surface area contributed by atoms with E-state index in [1.54, 1.807) is 0 Å². The standard InChI is InChI=1S/C2HBr.H4Si/c1-2-3;/h1H;1H4. The maximum atomic E-state index is 4.51. The van der Waals surface area contributed by atoms with Crippen LogP contribution in [0.3, 0.4) is 0 Å². The van der Waals surface area contributed by atoms with Crippen LogP contribution in [0.25, 0.3) is 0 Å². The number of terminal acetylenes is 1. The van der Waals surface area contributed by atoms with Crippen LogP contribution in [0.2, 0.25) is 0 Å². The molecule has 0 heterocycles. The van der Waals surface area contributed by atoms with Crippen LogP contribution in [-0.2, 0) is 0 Å². The Bertz CT molecular complexity index is 27.5. The van der Waals surface area contributed by atoms with Crippen LogP contribution in [0, 0.1) is 11.3 Å². The second kappa shape index (κ2) is 10.5. The van der Waals surface area contributed by atoms with E-state index in [0.717, 1.165) is 0 Å². The monoisotopic (exact) mass is 136 g/mol. The predicted molar refractivity (Wildman–Crippen MR) is 29.1 cm³/mol. The SMILES string of the molecule is C#CBr.[SiH4]. The second-order valence-corrected chi connectivity index (χ2v) is 0.567. The molecule has 0 aliphatic heterocycles. The highest BCUT2D eigenvalue weighted by Gasteiger charge is 1.13. The van der Waals surface area contributed by atoms with Crippen molar-refractivity contribution in [3.8, 4) is 11.3 Å². The molecule has 4 heavy (non-hydrogen) atoms. The Balaban J connectivity index is 0. The quantitative estimate of drug-likeness (QED) is 0.312. The highest BCUT2D eigenvalue weighted by Crippen LogP contribution is 1.58. The van der Waals surface area contributed by atoms with Gasteiger partial charge in [0, 0.05) is 15.9 Å². The van der Waals surface area contributed by atoms with E-state index in [0.29, 0.717) is 0 Å². The smallest absolute Gasteiger partial charge is 0.0103 e. The van der Waals surface area contributed by atoms with E-state index in [1.165, 1.54) is 0 Å². The summed E-state index contributed by atoms with van der Waals surface area (Å²) in [6.45, 7) is 0. The summed E-state index contributed by atoms with van der Waals surface area (Å²) in [6, 6.07) is 0. The molecular weight excluding hydrogens is 132 g/mol. The van der Waals surface area contributed by atoms with Gasteiger partial charge in [-0.3, -0.25) is 0 Å². The van der Waals surface area contributed by atoms with Crippen molar-refractivity contribution in [2.75, 3.05) is 0 Å². The van der Waals surface area contributed by atoms with Crippen molar-refractivity contribution >= 4 is 26.9 Å². The summed E-state index contributed by atoms with van der Waals surface area (Å²) >= 11 is 2.67. The minimum Gasteiger partial charge on any atom is -0.108 e. The summed E-state index contributed by atoms with van der Waals surface area (Å²) in [6.07, 6.45) is 4.51. The molecule has 0 saturated heterocycles. The highest BCUT2D eigenvalue weighted by molar-refractivity contribution is 9.12. The zero-order chi connectivity index (χ0) is 2.71. The van der Waals surface area contributed by atoms with Gasteiger partial charge in [0.05, 0.1) is 0 Å². The molecule has 2 heteroatoms. The highest BCUT2D eigenvalue weighted by atomic mass is 79.9. The van der Waals surface area contributed by atoms with Gasteiger partial charge in [-0.25, -0.2) is 0 Å². The van der Waals surface area contributed by atoms with Crippen molar-refractivity contribution in [2.24, 2.45) is 0 Å². The lowest BCUT2D eigenvalue weighted by Gasteiger charge is -1.18. The summed E-state index contributed by atoms with van der Waals surface area (Å²) in [5, 5.41) is 0. The minimum atomic E-state index is 0. The predicted octanol–water partition coefficient (Wildman–Crippen LogP) is -0.480. The van der Waals surface area contributed by atoms with E-state index < -0.39 is 0 Å². The van der Waals surface area contributed by atoms with E-state index in [1.807, 2.05) is 0 Å². The van der Waals surface area contributed by atoms with Crippen LogP contribution in [0.4, 0.5) is 0 Å². The van der Waals surface area contributed by atoms with Crippen molar-refractivity contribution in [1.82, 2.24) is 0 Å². The maximum absolute atomic E-state index is 4.51. The summed E-state index contributed by atoms with van der Waals surface area (Å²) in [4.78, 5) is 2.06. The zero-order valence-electron chi connectivity index (χ0n) is 1.46. The van der Waals surface area contributed by atoms with E-state index in [-0.39, 0.29) is 11.0 Å². The molecule has 0 spiro atoms. The first-order valence-corrected chi connectivity index (χ1v) is 1.27. The fraction of sp³-hybridized carbons (Fsp3) is 0. The minimum absolute atomic E-state index is 0. The lowest BCUT2D eigenvalue weighted by atomic mass is 11.4. The van der Waals surface area contributed by atoms with Gasteiger partial charge >= 0.3 is 0 Å². The van der Waals surface area contributed by atoms with Gasteiger partial charge in [0.15, 0.2) is 0 Å². The Labute approximate surface area is 38.7 Å². The summed E-state index contributed by atoms with van der Waals surface area (Å²) in [5.41, 5.74) is 0. The molecule has 0 aromatic rings. The maximum Gasteiger partial charge on any atom is 0.0103 e. The van der Waals surface area contributed by atoms with E-state index in [9.17, 15) is 0 Å². The van der Waals surface area contributed by atoms with E-state index >= 15 is 0 Å². The molecule has 0 rings (SSSR count). The molecule has 0 amide bonds. The molecule has 0 atom stereocenters. The third kappa shape index (κ3) is 54.0. The Morgan fingerprint density at radius 1 is 1.75 bits per heavy atom. The number of hydrogen-bond acceptors (Lipinski definition) is 0. The molecule has 0 aromatic carbocycles. The van der Waals surface area contributed by atoms with Crippen molar-refractivity contribution in [2.45, 2.75) is 0 Å². The third-order valence-corrected chi connectivity index (χ3v) is 0. The van der Waals surface area contributed by atoms with Crippen LogP contribution < -0.4 is 0 Å². The largest absolute Gasteiger partial charge is 0.108 e. The number of hydrogen-bond donors (Lipinski definition) is 0. The third-order valence-electron chi connectivity index (χ3n) is 0. The molecule has 0 aliphatic rings. The fourth-order valence-electron chi connectivity index (χ4n) is 0. The first-order chi connectivity index (χ1) is 1.41. The molecule has 0 radical (unpaired) electrons. The summed E-state index contributed by atoms with van der Waals surface area (Å²) < 4.78 is 0. The van der Waals surface area contributed by atoms with Crippen molar-refractivity contribution in [3.63, 3.8) is 0 Å². The average molecular weight is 137 g/mol. The van der Waals surface area contributed by atoms with Gasteiger partial charge in [-0.1, -0.05) is 0 Å². The summed E-state index contributed by atoms with van der Waals surface area (Å²) in [5.74, 6) is 0. The van der Waals surface area contributed by atoms with Gasteiger partial charge in [0.25, 0.3) is 0 Å². The molecule has 0 unspecified atom stereocenters. The van der Waals surface area contributed by atoms with Crippen molar-refractivity contribution in [3.05, 3.63) is 0 Å². The molecule has 0 bridgehead atoms. The zero-order valence-corrected chi connectivity index (χ0v) is 3.04. The molecule has 0 N–H and O–H groups in total. The normalized spacial score (nSPS) is 2.00. The Hall–Kier alpha value is 0.257. The molecular formula is C2H5BrSi. The average Bonchev–Trinajstić information content (AvgIpc) is 0.918. The molecule has 0 nitrogen and oxygen atoms in total. The van der Waals surface area contributed by atoms with E-state index in [2.05, 4.69) is 27.2 Å². The van der Waals surface area contributed by atoms with Gasteiger partial charge in [-0.05, 0) is 15.8 Å². The van der Waals surface area contributed by atoms with Crippen molar-refractivity contribution < 1.29 is 0 Å². The Morgan fingerprint density at radius 3 is 1.75 bits per heavy atom. The van der Waals surface area contributed by atoms with Crippen LogP contribution in [0.5, 0.6) is 0 Å². The molecule has 0 saturated carbocycles. The summed E-state index contributed by atoms with van der Waals surface area (Å²) in [7, 11) is 0. The van der Waals surface area contributed by atoms with Crippen LogP contribution in [0.15, 0.2) is 0 Å². The fourth-order valence-corrected chi connectivity index (χ4v) is 0. The Kier molecular flexibility index (Phi) is 23.3. The van der Waals surface area contributed by atoms with Crippen LogP contribution in [-0.4, -0.2) is 11.0 Å². The lowest BCUT2D eigenvalue weighted by Crippen LogP contribution is -0.923. The molecule has 0 aromatic heterocycles. The lowest BCUT2D eigenvalue weighted by molar-refractivity contribution is 3.22. The van der Waals surface area contributed by atoms with Gasteiger partial charge in [0.1, 0.15) is 0 Å². The first-order valence-electron chi connectivity index (χ1n) is 0.478. The number of rotatable bonds is 0. The molecule has 0 aliphatic carbocycles. The molecule has 0 fully saturated rings. The van der Waals surface area contributed by atoms with Gasteiger partial charge < -0.3 is 0 Å². The van der Waals surface area contributed by atoms with Gasteiger partial charge in [-0.15, -0.1) is 6.42 Å².